The van der Waals surface area contributed by atoms with Crippen molar-refractivity contribution in [1.29, 1.82) is 0 Å². The SMILES string of the molecule is CC(Sc1nnc(N)s1)C(=O)NCc1ccc(F)cc1. The fourth-order valence-electron chi connectivity index (χ4n) is 1.41. The molecule has 3 N–H and O–H groups in total. The van der Waals surface area contributed by atoms with Crippen LogP contribution < -0.4 is 11.1 Å². The number of amides is 1. The van der Waals surface area contributed by atoms with E-state index in [-0.39, 0.29) is 17.0 Å². The van der Waals surface area contributed by atoms with Crippen molar-refractivity contribution < 1.29 is 9.18 Å². The summed E-state index contributed by atoms with van der Waals surface area (Å²) in [7, 11) is 0. The van der Waals surface area contributed by atoms with E-state index < -0.39 is 0 Å². The first-order valence-electron chi connectivity index (χ1n) is 5.82. The Labute approximate surface area is 123 Å². The van der Waals surface area contributed by atoms with Gasteiger partial charge in [0.05, 0.1) is 5.25 Å². The lowest BCUT2D eigenvalue weighted by Crippen LogP contribution is -2.30. The highest BCUT2D eigenvalue weighted by atomic mass is 32.2. The molecule has 0 spiro atoms. The molecule has 1 amide bonds. The van der Waals surface area contributed by atoms with Gasteiger partial charge in [-0.05, 0) is 24.6 Å². The second kappa shape index (κ2) is 6.67. The number of nitrogens with two attached hydrogens (primary N) is 1. The van der Waals surface area contributed by atoms with E-state index in [1.807, 2.05) is 0 Å². The van der Waals surface area contributed by atoms with E-state index in [9.17, 15) is 9.18 Å². The zero-order chi connectivity index (χ0) is 14.5. The maximum atomic E-state index is 12.7. The van der Waals surface area contributed by atoms with E-state index in [2.05, 4.69) is 15.5 Å². The molecule has 2 rings (SSSR count). The lowest BCUT2D eigenvalue weighted by Gasteiger charge is -2.10. The van der Waals surface area contributed by atoms with Crippen molar-refractivity contribution in [2.75, 3.05) is 5.73 Å². The molecule has 0 radical (unpaired) electrons. The summed E-state index contributed by atoms with van der Waals surface area (Å²) >= 11 is 2.55. The van der Waals surface area contributed by atoms with Crippen molar-refractivity contribution >= 4 is 34.1 Å². The van der Waals surface area contributed by atoms with Crippen LogP contribution >= 0.6 is 23.1 Å². The van der Waals surface area contributed by atoms with Gasteiger partial charge in [0.2, 0.25) is 11.0 Å². The minimum Gasteiger partial charge on any atom is -0.374 e. The number of benzene rings is 1. The maximum Gasteiger partial charge on any atom is 0.233 e. The highest BCUT2D eigenvalue weighted by Crippen LogP contribution is 2.27. The van der Waals surface area contributed by atoms with E-state index in [0.717, 1.165) is 5.56 Å². The number of halogens is 1. The van der Waals surface area contributed by atoms with Gasteiger partial charge in [-0.3, -0.25) is 4.79 Å². The van der Waals surface area contributed by atoms with Gasteiger partial charge in [0.25, 0.3) is 0 Å². The van der Waals surface area contributed by atoms with Crippen molar-refractivity contribution in [3.63, 3.8) is 0 Å². The molecule has 1 unspecified atom stereocenters. The molecule has 8 heteroatoms. The van der Waals surface area contributed by atoms with Crippen LogP contribution in [0, 0.1) is 5.82 Å². The summed E-state index contributed by atoms with van der Waals surface area (Å²) in [6.45, 7) is 2.14. The fourth-order valence-corrected chi connectivity index (χ4v) is 3.21. The third kappa shape index (κ3) is 4.17. The number of hydrogen-bond acceptors (Lipinski definition) is 6. The molecule has 0 saturated heterocycles. The van der Waals surface area contributed by atoms with Crippen LogP contribution in [-0.2, 0) is 11.3 Å². The van der Waals surface area contributed by atoms with E-state index in [0.29, 0.717) is 16.0 Å². The first-order valence-corrected chi connectivity index (χ1v) is 7.52. The number of rotatable bonds is 5. The van der Waals surface area contributed by atoms with Crippen LogP contribution in [0.4, 0.5) is 9.52 Å². The third-order valence-electron chi connectivity index (χ3n) is 2.45. The standard InChI is InChI=1S/C12H13FN4OS2/c1-7(19-12-17-16-11(14)20-12)10(18)15-6-8-2-4-9(13)5-3-8/h2-5,7H,6H2,1H3,(H2,14,16)(H,15,18). The van der Waals surface area contributed by atoms with E-state index >= 15 is 0 Å². The molecule has 0 fully saturated rings. The number of nitrogens with zero attached hydrogens (tertiary/aromatic N) is 2. The number of carbonyl (C=O) groups excluding carboxylic acids is 1. The van der Waals surface area contributed by atoms with Gasteiger partial charge in [-0.15, -0.1) is 10.2 Å². The van der Waals surface area contributed by atoms with Crippen LogP contribution in [0.1, 0.15) is 12.5 Å². The Hall–Kier alpha value is -1.67. The zero-order valence-electron chi connectivity index (χ0n) is 10.7. The van der Waals surface area contributed by atoms with Gasteiger partial charge < -0.3 is 11.1 Å². The maximum absolute atomic E-state index is 12.7. The van der Waals surface area contributed by atoms with Gasteiger partial charge in [0.1, 0.15) is 5.82 Å². The summed E-state index contributed by atoms with van der Waals surface area (Å²) < 4.78 is 13.4. The molecule has 5 nitrogen and oxygen atoms in total. The second-order valence-electron chi connectivity index (χ2n) is 4.01. The topological polar surface area (TPSA) is 80.9 Å². The van der Waals surface area contributed by atoms with Gasteiger partial charge in [0, 0.05) is 6.54 Å². The Morgan fingerprint density at radius 1 is 1.45 bits per heavy atom. The Morgan fingerprint density at radius 2 is 2.15 bits per heavy atom. The van der Waals surface area contributed by atoms with E-state index in [1.54, 1.807) is 19.1 Å². The predicted molar refractivity (Wildman–Crippen MR) is 77.9 cm³/mol. The molecule has 0 bridgehead atoms. The normalized spacial score (nSPS) is 12.1. The summed E-state index contributed by atoms with van der Waals surface area (Å²) in [5.74, 6) is -0.411. The quantitative estimate of drug-likeness (QED) is 0.826. The second-order valence-corrected chi connectivity index (χ2v) is 6.61. The van der Waals surface area contributed by atoms with Crippen molar-refractivity contribution in [1.82, 2.24) is 15.5 Å². The van der Waals surface area contributed by atoms with Crippen LogP contribution in [0.15, 0.2) is 28.6 Å². The van der Waals surface area contributed by atoms with Gasteiger partial charge in [0.15, 0.2) is 4.34 Å². The van der Waals surface area contributed by atoms with Gasteiger partial charge in [-0.1, -0.05) is 35.2 Å². The molecule has 1 aromatic carbocycles. The first kappa shape index (κ1) is 14.7. The Kier molecular flexibility index (Phi) is 4.91. The monoisotopic (exact) mass is 312 g/mol. The number of carbonyl (C=O) groups is 1. The Morgan fingerprint density at radius 3 is 2.75 bits per heavy atom. The van der Waals surface area contributed by atoms with Crippen molar-refractivity contribution in [2.45, 2.75) is 23.1 Å². The van der Waals surface area contributed by atoms with E-state index in [4.69, 9.17) is 5.73 Å². The predicted octanol–water partition coefficient (Wildman–Crippen LogP) is 2.06. The molecule has 1 aromatic heterocycles. The lowest BCUT2D eigenvalue weighted by atomic mass is 10.2. The van der Waals surface area contributed by atoms with Crippen molar-refractivity contribution in [3.05, 3.63) is 35.6 Å². The van der Waals surface area contributed by atoms with E-state index in [1.165, 1.54) is 35.2 Å². The number of hydrogen-bond donors (Lipinski definition) is 2. The number of aromatic nitrogens is 2. The molecule has 2 aromatic rings. The van der Waals surface area contributed by atoms with Crippen LogP contribution in [0.5, 0.6) is 0 Å². The van der Waals surface area contributed by atoms with Gasteiger partial charge >= 0.3 is 0 Å². The fraction of sp³-hybridized carbons (Fsp3) is 0.250. The summed E-state index contributed by atoms with van der Waals surface area (Å²) in [5.41, 5.74) is 6.32. The lowest BCUT2D eigenvalue weighted by molar-refractivity contribution is -0.120. The molecule has 0 saturated carbocycles. The minimum absolute atomic E-state index is 0.118. The molecule has 1 atom stereocenters. The van der Waals surface area contributed by atoms with Crippen molar-refractivity contribution in [3.8, 4) is 0 Å². The smallest absolute Gasteiger partial charge is 0.233 e. The number of nitrogens with one attached hydrogen (secondary N) is 1. The Bertz CT molecular complexity index is 587. The zero-order valence-corrected chi connectivity index (χ0v) is 12.3. The van der Waals surface area contributed by atoms with Crippen LogP contribution in [0.25, 0.3) is 0 Å². The average Bonchev–Trinajstić information content (AvgIpc) is 2.83. The molecule has 0 aliphatic carbocycles. The molecule has 1 heterocycles. The molecular formula is C12H13FN4OS2. The number of nitrogen functional groups attached to an aromatic ring is 1. The first-order chi connectivity index (χ1) is 9.54. The van der Waals surface area contributed by atoms with Gasteiger partial charge in [-0.2, -0.15) is 0 Å². The number of anilines is 1. The molecule has 20 heavy (non-hydrogen) atoms. The minimum atomic E-state index is -0.303. The largest absolute Gasteiger partial charge is 0.374 e. The molecule has 0 aliphatic heterocycles. The summed E-state index contributed by atoms with van der Waals surface area (Å²) in [4.78, 5) is 11.9. The molecule has 0 aliphatic rings. The van der Waals surface area contributed by atoms with Crippen LogP contribution in [0.2, 0.25) is 0 Å². The number of thioether (sulfide) groups is 1. The summed E-state index contributed by atoms with van der Waals surface area (Å²) in [6.07, 6.45) is 0. The highest BCUT2D eigenvalue weighted by Gasteiger charge is 2.16. The summed E-state index contributed by atoms with van der Waals surface area (Å²) in [5, 5.41) is 10.4. The van der Waals surface area contributed by atoms with Crippen molar-refractivity contribution in [2.24, 2.45) is 0 Å². The van der Waals surface area contributed by atoms with Crippen LogP contribution in [0.3, 0.4) is 0 Å². The van der Waals surface area contributed by atoms with Crippen LogP contribution in [-0.4, -0.2) is 21.4 Å². The molecular weight excluding hydrogens is 299 g/mol. The highest BCUT2D eigenvalue weighted by molar-refractivity contribution is 8.02. The average molecular weight is 312 g/mol. The Balaban J connectivity index is 1.83. The molecule has 106 valence electrons. The third-order valence-corrected chi connectivity index (χ3v) is 4.39. The summed E-state index contributed by atoms with van der Waals surface area (Å²) in [6, 6.07) is 6.01. The van der Waals surface area contributed by atoms with Gasteiger partial charge in [-0.25, -0.2) is 4.39 Å².